The van der Waals surface area contributed by atoms with Crippen molar-refractivity contribution in [2.24, 2.45) is 0 Å². The highest BCUT2D eigenvalue weighted by molar-refractivity contribution is 7.09. The molecule has 1 fully saturated rings. The molecule has 28 heavy (non-hydrogen) atoms. The van der Waals surface area contributed by atoms with E-state index in [1.807, 2.05) is 28.5 Å². The SMILES string of the molecule is O=C(O)c1cnn(C2CCN(C(=O)c3csc(Cc4ccccc4)n3)CC2)c1. The van der Waals surface area contributed by atoms with Crippen LogP contribution in [-0.4, -0.2) is 49.7 Å². The van der Waals surface area contributed by atoms with Crippen LogP contribution in [0.2, 0.25) is 0 Å². The second kappa shape index (κ2) is 7.93. The first-order valence-corrected chi connectivity index (χ1v) is 10.0. The number of aromatic carboxylic acids is 1. The van der Waals surface area contributed by atoms with E-state index in [1.54, 1.807) is 10.9 Å². The van der Waals surface area contributed by atoms with Crippen molar-refractivity contribution in [3.05, 3.63) is 69.9 Å². The molecule has 0 atom stereocenters. The van der Waals surface area contributed by atoms with Gasteiger partial charge in [0.05, 0.1) is 22.8 Å². The largest absolute Gasteiger partial charge is 0.478 e. The summed E-state index contributed by atoms with van der Waals surface area (Å²) in [6, 6.07) is 10.2. The molecular formula is C20H20N4O3S. The molecule has 1 aromatic carbocycles. The van der Waals surface area contributed by atoms with Crippen molar-refractivity contribution >= 4 is 23.2 Å². The number of carbonyl (C=O) groups excluding carboxylic acids is 1. The van der Waals surface area contributed by atoms with Crippen molar-refractivity contribution in [3.63, 3.8) is 0 Å². The number of thiazole rings is 1. The lowest BCUT2D eigenvalue weighted by molar-refractivity contribution is 0.0683. The van der Waals surface area contributed by atoms with E-state index in [0.29, 0.717) is 18.8 Å². The maximum atomic E-state index is 12.8. The van der Waals surface area contributed by atoms with E-state index in [4.69, 9.17) is 5.11 Å². The fraction of sp³-hybridized carbons (Fsp3) is 0.300. The van der Waals surface area contributed by atoms with Crippen LogP contribution in [0.1, 0.15) is 50.3 Å². The van der Waals surface area contributed by atoms with Crippen LogP contribution < -0.4 is 0 Å². The smallest absolute Gasteiger partial charge is 0.338 e. The van der Waals surface area contributed by atoms with Crippen molar-refractivity contribution < 1.29 is 14.7 Å². The highest BCUT2D eigenvalue weighted by atomic mass is 32.1. The third kappa shape index (κ3) is 3.96. The third-order valence-corrected chi connectivity index (χ3v) is 5.79. The highest BCUT2D eigenvalue weighted by Gasteiger charge is 2.26. The first-order valence-electron chi connectivity index (χ1n) is 9.15. The number of carboxylic acid groups (broad SMARTS) is 1. The predicted octanol–water partition coefficient (Wildman–Crippen LogP) is 3.11. The number of rotatable bonds is 5. The summed E-state index contributed by atoms with van der Waals surface area (Å²) in [6.45, 7) is 1.22. The van der Waals surface area contributed by atoms with E-state index >= 15 is 0 Å². The lowest BCUT2D eigenvalue weighted by Gasteiger charge is -2.31. The van der Waals surface area contributed by atoms with Crippen LogP contribution in [0.15, 0.2) is 48.1 Å². The number of likely N-dealkylation sites (tertiary alicyclic amines) is 1. The van der Waals surface area contributed by atoms with Crippen molar-refractivity contribution in [2.45, 2.75) is 25.3 Å². The molecule has 0 unspecified atom stereocenters. The van der Waals surface area contributed by atoms with Crippen molar-refractivity contribution in [2.75, 3.05) is 13.1 Å². The van der Waals surface area contributed by atoms with Gasteiger partial charge in [-0.05, 0) is 18.4 Å². The Labute approximate surface area is 166 Å². The molecule has 4 rings (SSSR count). The monoisotopic (exact) mass is 396 g/mol. The number of amides is 1. The predicted molar refractivity (Wildman–Crippen MR) is 105 cm³/mol. The van der Waals surface area contributed by atoms with Gasteiger partial charge in [0.1, 0.15) is 5.69 Å². The van der Waals surface area contributed by atoms with Gasteiger partial charge >= 0.3 is 5.97 Å². The summed E-state index contributed by atoms with van der Waals surface area (Å²) in [4.78, 5) is 30.1. The number of benzene rings is 1. The quantitative estimate of drug-likeness (QED) is 0.716. The Bertz CT molecular complexity index is 974. The Hall–Kier alpha value is -3.00. The Morgan fingerprint density at radius 2 is 1.93 bits per heavy atom. The van der Waals surface area contributed by atoms with Gasteiger partial charge in [0.2, 0.25) is 0 Å². The standard InChI is InChI=1S/C20H20N4O3S/c25-19(17-13-28-18(22-17)10-14-4-2-1-3-5-14)23-8-6-16(7-9-23)24-12-15(11-21-24)20(26)27/h1-5,11-13,16H,6-10H2,(H,26,27). The summed E-state index contributed by atoms with van der Waals surface area (Å²) < 4.78 is 1.70. The summed E-state index contributed by atoms with van der Waals surface area (Å²) in [6.07, 6.45) is 5.14. The molecule has 1 saturated heterocycles. The molecule has 1 amide bonds. The fourth-order valence-electron chi connectivity index (χ4n) is 3.40. The zero-order valence-corrected chi connectivity index (χ0v) is 16.0. The minimum Gasteiger partial charge on any atom is -0.478 e. The lowest BCUT2D eigenvalue weighted by Crippen LogP contribution is -2.39. The number of nitrogens with zero attached hydrogens (tertiary/aromatic N) is 4. The molecule has 3 heterocycles. The van der Waals surface area contributed by atoms with Gasteiger partial charge in [0.15, 0.2) is 0 Å². The number of carbonyl (C=O) groups is 2. The molecular weight excluding hydrogens is 376 g/mol. The molecule has 8 heteroatoms. The molecule has 2 aromatic heterocycles. The fourth-order valence-corrected chi connectivity index (χ4v) is 4.21. The van der Waals surface area contributed by atoms with E-state index in [1.165, 1.54) is 23.1 Å². The molecule has 1 aliphatic heterocycles. The topological polar surface area (TPSA) is 88.3 Å². The second-order valence-electron chi connectivity index (χ2n) is 6.83. The number of piperidine rings is 1. The van der Waals surface area contributed by atoms with Crippen molar-refractivity contribution in [3.8, 4) is 0 Å². The van der Waals surface area contributed by atoms with Crippen LogP contribution in [0.5, 0.6) is 0 Å². The molecule has 0 saturated carbocycles. The number of hydrogen-bond donors (Lipinski definition) is 1. The average Bonchev–Trinajstić information content (AvgIpc) is 3.38. The van der Waals surface area contributed by atoms with Crippen LogP contribution in [-0.2, 0) is 6.42 Å². The van der Waals surface area contributed by atoms with Crippen LogP contribution in [0.25, 0.3) is 0 Å². The third-order valence-electron chi connectivity index (χ3n) is 4.94. The molecule has 0 spiro atoms. The zero-order chi connectivity index (χ0) is 19.5. The summed E-state index contributed by atoms with van der Waals surface area (Å²) in [7, 11) is 0. The van der Waals surface area contributed by atoms with Gasteiger partial charge in [-0.1, -0.05) is 30.3 Å². The van der Waals surface area contributed by atoms with E-state index < -0.39 is 5.97 Å². The summed E-state index contributed by atoms with van der Waals surface area (Å²) in [5, 5.41) is 15.9. The van der Waals surface area contributed by atoms with Crippen LogP contribution in [0.3, 0.4) is 0 Å². The minimum atomic E-state index is -0.978. The van der Waals surface area contributed by atoms with Crippen molar-refractivity contribution in [1.29, 1.82) is 0 Å². The Morgan fingerprint density at radius 1 is 1.18 bits per heavy atom. The number of carboxylic acids is 1. The summed E-state index contributed by atoms with van der Waals surface area (Å²) in [5.74, 6) is -1.02. The normalized spacial score (nSPS) is 14.9. The van der Waals surface area contributed by atoms with Crippen LogP contribution in [0.4, 0.5) is 0 Å². The maximum Gasteiger partial charge on any atom is 0.338 e. The van der Waals surface area contributed by atoms with Crippen molar-refractivity contribution in [1.82, 2.24) is 19.7 Å². The Morgan fingerprint density at radius 3 is 2.61 bits per heavy atom. The van der Waals surface area contributed by atoms with Gasteiger partial charge in [0, 0.05) is 31.1 Å². The number of hydrogen-bond acceptors (Lipinski definition) is 5. The molecule has 1 N–H and O–H groups in total. The molecule has 1 aliphatic rings. The number of aromatic nitrogens is 3. The second-order valence-corrected chi connectivity index (χ2v) is 7.77. The van der Waals surface area contributed by atoms with Gasteiger partial charge in [0.25, 0.3) is 5.91 Å². The average molecular weight is 396 g/mol. The van der Waals surface area contributed by atoms with Gasteiger partial charge in [-0.25, -0.2) is 9.78 Å². The van der Waals surface area contributed by atoms with E-state index in [9.17, 15) is 9.59 Å². The molecule has 144 valence electrons. The van der Waals surface area contributed by atoms with Gasteiger partial charge in [-0.3, -0.25) is 9.48 Å². The maximum absolute atomic E-state index is 12.8. The van der Waals surface area contributed by atoms with E-state index in [0.717, 1.165) is 24.3 Å². The summed E-state index contributed by atoms with van der Waals surface area (Å²) >= 11 is 1.51. The zero-order valence-electron chi connectivity index (χ0n) is 15.2. The molecule has 0 radical (unpaired) electrons. The molecule has 7 nitrogen and oxygen atoms in total. The molecule has 3 aromatic rings. The van der Waals surface area contributed by atoms with Gasteiger partial charge in [-0.15, -0.1) is 11.3 Å². The Kier molecular flexibility index (Phi) is 5.21. The van der Waals surface area contributed by atoms with Crippen LogP contribution in [0, 0.1) is 0 Å². The van der Waals surface area contributed by atoms with E-state index in [2.05, 4.69) is 22.2 Å². The van der Waals surface area contributed by atoms with Gasteiger partial charge < -0.3 is 10.0 Å². The Balaban J connectivity index is 1.35. The molecule has 0 bridgehead atoms. The highest BCUT2D eigenvalue weighted by Crippen LogP contribution is 2.24. The minimum absolute atomic E-state index is 0.0410. The summed E-state index contributed by atoms with van der Waals surface area (Å²) in [5.41, 5.74) is 1.87. The van der Waals surface area contributed by atoms with E-state index in [-0.39, 0.29) is 17.5 Å². The first-order chi connectivity index (χ1) is 13.6. The lowest BCUT2D eigenvalue weighted by atomic mass is 10.0. The van der Waals surface area contributed by atoms with Gasteiger partial charge in [-0.2, -0.15) is 5.10 Å². The first kappa shape index (κ1) is 18.4. The molecule has 0 aliphatic carbocycles. The van der Waals surface area contributed by atoms with Crippen LogP contribution >= 0.6 is 11.3 Å².